The fourth-order valence-corrected chi connectivity index (χ4v) is 4.18. The smallest absolute Gasteiger partial charge is 0.365 e. The minimum Gasteiger partial charge on any atom is -0.365 e. The highest BCUT2D eigenvalue weighted by molar-refractivity contribution is 7.55. The van der Waals surface area contributed by atoms with E-state index in [0.29, 0.717) is 0 Å². The molecule has 6 heteroatoms. The minimum absolute atomic E-state index is 0.210. The molecule has 0 rings (SSSR count). The van der Waals surface area contributed by atoms with Gasteiger partial charge >= 0.3 is 7.60 Å². The molecule has 0 spiro atoms. The molecule has 0 amide bonds. The molecule has 0 aliphatic rings. The normalized spacial score (nSPS) is 17.3. The van der Waals surface area contributed by atoms with Crippen molar-refractivity contribution in [1.82, 2.24) is 5.32 Å². The van der Waals surface area contributed by atoms with Crippen molar-refractivity contribution >= 4 is 7.60 Å². The lowest BCUT2D eigenvalue weighted by Crippen LogP contribution is -2.61. The lowest BCUT2D eigenvalue weighted by Gasteiger charge is -2.47. The quantitative estimate of drug-likeness (QED) is 0.581. The maximum atomic E-state index is 13.0. The van der Waals surface area contributed by atoms with E-state index in [1.807, 2.05) is 20.8 Å². The fraction of sp³-hybridized carbons (Fsp3) is 1.00. The van der Waals surface area contributed by atoms with Crippen LogP contribution in [0.5, 0.6) is 0 Å². The Bertz CT molecular complexity index is 323. The van der Waals surface area contributed by atoms with Crippen molar-refractivity contribution in [1.29, 1.82) is 0 Å². The maximum Gasteiger partial charge on any atom is 0.377 e. The zero-order chi connectivity index (χ0) is 15.5. The van der Waals surface area contributed by atoms with Crippen LogP contribution in [0, 0.1) is 5.41 Å². The Hall–Kier alpha value is 0.0700. The summed E-state index contributed by atoms with van der Waals surface area (Å²) in [6.45, 7) is 15.0. The molecule has 0 aliphatic carbocycles. The average Bonchev–Trinajstić information content (AvgIpc) is 2.13. The molecule has 0 radical (unpaired) electrons. The highest BCUT2D eigenvalue weighted by atomic mass is 31.2. The minimum atomic E-state index is -3.71. The van der Waals surface area contributed by atoms with Gasteiger partial charge in [0.25, 0.3) is 0 Å². The third-order valence-corrected chi connectivity index (χ3v) is 5.36. The zero-order valence-electron chi connectivity index (χ0n) is 13.5. The molecule has 1 atom stereocenters. The molecule has 0 heterocycles. The van der Waals surface area contributed by atoms with Gasteiger partial charge in [-0.1, -0.05) is 20.8 Å². The van der Waals surface area contributed by atoms with Crippen molar-refractivity contribution in [2.24, 2.45) is 5.41 Å². The van der Waals surface area contributed by atoms with E-state index in [4.69, 9.17) is 9.05 Å². The Labute approximate surface area is 117 Å². The number of aliphatic hydroxyl groups is 1. The monoisotopic (exact) mass is 295 g/mol. The number of hydrogen-bond acceptors (Lipinski definition) is 5. The van der Waals surface area contributed by atoms with Crippen molar-refractivity contribution in [3.05, 3.63) is 0 Å². The second-order valence-electron chi connectivity index (χ2n) is 6.63. The van der Waals surface area contributed by atoms with Crippen LogP contribution in [-0.2, 0) is 13.6 Å². The van der Waals surface area contributed by atoms with E-state index >= 15 is 0 Å². The second-order valence-corrected chi connectivity index (χ2v) is 8.79. The molecule has 1 unspecified atom stereocenters. The summed E-state index contributed by atoms with van der Waals surface area (Å²) in [5, 5.41) is 14.1. The Morgan fingerprint density at radius 2 is 1.37 bits per heavy atom. The number of rotatable bonds is 6. The van der Waals surface area contributed by atoms with Crippen LogP contribution in [-0.4, -0.2) is 29.3 Å². The highest BCUT2D eigenvalue weighted by Gasteiger charge is 2.58. The summed E-state index contributed by atoms with van der Waals surface area (Å²) in [6.07, 6.45) is 0. The lowest BCUT2D eigenvalue weighted by molar-refractivity contribution is -0.0577. The van der Waals surface area contributed by atoms with Gasteiger partial charge in [0.15, 0.2) is 0 Å². The van der Waals surface area contributed by atoms with E-state index < -0.39 is 24.0 Å². The van der Waals surface area contributed by atoms with Gasteiger partial charge in [-0.3, -0.25) is 9.88 Å². The van der Waals surface area contributed by atoms with E-state index in [-0.39, 0.29) is 13.2 Å². The summed E-state index contributed by atoms with van der Waals surface area (Å²) in [6, 6.07) is 0. The van der Waals surface area contributed by atoms with Crippen molar-refractivity contribution < 1.29 is 18.7 Å². The van der Waals surface area contributed by atoms with Gasteiger partial charge in [0.05, 0.1) is 13.2 Å². The second kappa shape index (κ2) is 6.23. The molecule has 0 saturated heterocycles. The maximum absolute atomic E-state index is 13.0. The fourth-order valence-electron chi connectivity index (χ4n) is 1.75. The van der Waals surface area contributed by atoms with E-state index in [2.05, 4.69) is 5.32 Å². The largest absolute Gasteiger partial charge is 0.377 e. The standard InChI is InChI=1S/C13H30NO4P/c1-9-17-19(16,18-10-2)13(15,11(3,4)5)14-12(6,7)8/h14-15H,9-10H2,1-8H3. The van der Waals surface area contributed by atoms with Crippen LogP contribution in [0.25, 0.3) is 0 Å². The summed E-state index contributed by atoms with van der Waals surface area (Å²) in [5.41, 5.74) is -2.92. The van der Waals surface area contributed by atoms with Crippen molar-refractivity contribution in [3.63, 3.8) is 0 Å². The van der Waals surface area contributed by atoms with Crippen LogP contribution in [0.1, 0.15) is 55.4 Å². The molecule has 0 aromatic rings. The summed E-state index contributed by atoms with van der Waals surface area (Å²) < 4.78 is 23.7. The third-order valence-electron chi connectivity index (χ3n) is 2.59. The molecule has 0 saturated carbocycles. The number of nitrogens with one attached hydrogen (secondary N) is 1. The molecule has 0 aromatic carbocycles. The topological polar surface area (TPSA) is 67.8 Å². The van der Waals surface area contributed by atoms with E-state index in [0.717, 1.165) is 0 Å². The van der Waals surface area contributed by atoms with E-state index in [9.17, 15) is 9.67 Å². The van der Waals surface area contributed by atoms with Gasteiger partial charge in [0.2, 0.25) is 5.47 Å². The molecular weight excluding hydrogens is 265 g/mol. The zero-order valence-corrected chi connectivity index (χ0v) is 14.4. The summed E-state index contributed by atoms with van der Waals surface area (Å²) >= 11 is 0. The molecule has 116 valence electrons. The molecule has 0 aliphatic heterocycles. The molecule has 5 nitrogen and oxygen atoms in total. The van der Waals surface area contributed by atoms with Crippen molar-refractivity contribution in [3.8, 4) is 0 Å². The summed E-state index contributed by atoms with van der Waals surface area (Å²) in [4.78, 5) is 0. The highest BCUT2D eigenvalue weighted by Crippen LogP contribution is 2.63. The molecule has 2 N–H and O–H groups in total. The molecule has 19 heavy (non-hydrogen) atoms. The van der Waals surface area contributed by atoms with Gasteiger partial charge < -0.3 is 14.2 Å². The number of hydrogen-bond donors (Lipinski definition) is 2. The van der Waals surface area contributed by atoms with Crippen LogP contribution in [0.4, 0.5) is 0 Å². The Morgan fingerprint density at radius 1 is 1.00 bits per heavy atom. The van der Waals surface area contributed by atoms with E-state index in [1.165, 1.54) is 0 Å². The van der Waals surface area contributed by atoms with Gasteiger partial charge in [-0.15, -0.1) is 0 Å². The first kappa shape index (κ1) is 19.1. The molecule has 0 fully saturated rings. The van der Waals surface area contributed by atoms with Gasteiger partial charge in [-0.05, 0) is 34.6 Å². The van der Waals surface area contributed by atoms with Crippen LogP contribution >= 0.6 is 7.60 Å². The van der Waals surface area contributed by atoms with Gasteiger partial charge in [0.1, 0.15) is 0 Å². The average molecular weight is 295 g/mol. The van der Waals surface area contributed by atoms with Crippen LogP contribution in [0.15, 0.2) is 0 Å². The first-order valence-corrected chi connectivity index (χ1v) is 8.28. The predicted molar refractivity (Wildman–Crippen MR) is 78.2 cm³/mol. The van der Waals surface area contributed by atoms with Crippen molar-refractivity contribution in [2.45, 2.75) is 66.4 Å². The van der Waals surface area contributed by atoms with Crippen LogP contribution in [0.3, 0.4) is 0 Å². The predicted octanol–water partition coefficient (Wildman–Crippen LogP) is 3.33. The molecular formula is C13H30NO4P. The van der Waals surface area contributed by atoms with Gasteiger partial charge in [-0.25, -0.2) is 0 Å². The first-order chi connectivity index (χ1) is 8.33. The van der Waals surface area contributed by atoms with Crippen molar-refractivity contribution in [2.75, 3.05) is 13.2 Å². The molecule has 0 aromatic heterocycles. The van der Waals surface area contributed by atoms with Gasteiger partial charge in [0, 0.05) is 11.0 Å². The summed E-state index contributed by atoms with van der Waals surface area (Å²) in [7, 11) is -3.71. The first-order valence-electron chi connectivity index (χ1n) is 6.74. The van der Waals surface area contributed by atoms with Crippen LogP contribution < -0.4 is 5.32 Å². The van der Waals surface area contributed by atoms with Gasteiger partial charge in [-0.2, -0.15) is 0 Å². The Balaban J connectivity index is 5.75. The Kier molecular flexibility index (Phi) is 6.25. The third kappa shape index (κ3) is 4.54. The molecule has 0 bridgehead atoms. The Morgan fingerprint density at radius 3 is 1.58 bits per heavy atom. The SMILES string of the molecule is CCOP(=O)(OCC)C(O)(NC(C)(C)C)C(C)(C)C. The van der Waals surface area contributed by atoms with E-state index in [1.54, 1.807) is 34.6 Å². The van der Waals surface area contributed by atoms with Crippen LogP contribution in [0.2, 0.25) is 0 Å². The summed E-state index contributed by atoms with van der Waals surface area (Å²) in [5.74, 6) is 0. The lowest BCUT2D eigenvalue weighted by atomic mass is 9.91.